The molecule has 7 nitrogen and oxygen atoms in total. The number of amides is 2. The Morgan fingerprint density at radius 1 is 1.05 bits per heavy atom. The van der Waals surface area contributed by atoms with Crippen LogP contribution < -0.4 is 22.1 Å². The second-order valence-electron chi connectivity index (χ2n) is 10.4. The molecule has 212 valence electrons. The second-order valence-corrected chi connectivity index (χ2v) is 11.2. The van der Waals surface area contributed by atoms with Gasteiger partial charge in [0.15, 0.2) is 0 Å². The number of benzene rings is 1. The van der Waals surface area contributed by atoms with Crippen molar-refractivity contribution in [3.05, 3.63) is 83.1 Å². The van der Waals surface area contributed by atoms with E-state index < -0.39 is 41.2 Å². The topological polar surface area (TPSA) is 130 Å². The molecule has 0 fully saturated rings. The highest BCUT2D eigenvalue weighted by Crippen LogP contribution is 2.23. The van der Waals surface area contributed by atoms with Crippen molar-refractivity contribution in [2.45, 2.75) is 51.3 Å². The molecular formula is C29H38F2N4O3S. The van der Waals surface area contributed by atoms with Gasteiger partial charge >= 0.3 is 0 Å². The molecule has 2 rings (SSSR count). The minimum atomic E-state index is -1.40. The Morgan fingerprint density at radius 2 is 1.69 bits per heavy atom. The normalized spacial score (nSPS) is 14.3. The summed E-state index contributed by atoms with van der Waals surface area (Å²) in [5.41, 5.74) is 14.5. The first-order valence-electron chi connectivity index (χ1n) is 12.5. The van der Waals surface area contributed by atoms with E-state index >= 15 is 0 Å². The number of carbonyl (C=O) groups excluding carboxylic acids is 2. The molecule has 0 radical (unpaired) electrons. The Morgan fingerprint density at radius 3 is 2.26 bits per heavy atom. The highest BCUT2D eigenvalue weighted by molar-refractivity contribution is 7.08. The average molecular weight is 561 g/mol. The van der Waals surface area contributed by atoms with Crippen molar-refractivity contribution in [3.8, 4) is 11.1 Å². The monoisotopic (exact) mass is 560 g/mol. The molecule has 1 aromatic carbocycles. The highest BCUT2D eigenvalue weighted by Gasteiger charge is 2.26. The third-order valence-electron chi connectivity index (χ3n) is 6.07. The number of aliphatic hydroxyl groups excluding tert-OH is 1. The summed E-state index contributed by atoms with van der Waals surface area (Å²) in [5, 5.41) is 19.9. The molecule has 39 heavy (non-hydrogen) atoms. The van der Waals surface area contributed by atoms with Crippen LogP contribution in [0.15, 0.2) is 77.6 Å². The van der Waals surface area contributed by atoms with Crippen LogP contribution in [-0.4, -0.2) is 48.2 Å². The van der Waals surface area contributed by atoms with Gasteiger partial charge in [-0.15, -0.1) is 0 Å². The summed E-state index contributed by atoms with van der Waals surface area (Å²) < 4.78 is 26.5. The van der Waals surface area contributed by atoms with E-state index in [-0.39, 0.29) is 37.4 Å². The zero-order valence-electron chi connectivity index (χ0n) is 22.4. The van der Waals surface area contributed by atoms with Gasteiger partial charge in [-0.1, -0.05) is 51.3 Å². The van der Waals surface area contributed by atoms with Crippen LogP contribution in [0.5, 0.6) is 0 Å². The quantitative estimate of drug-likeness (QED) is 0.211. The van der Waals surface area contributed by atoms with Crippen molar-refractivity contribution in [2.75, 3.05) is 13.1 Å². The molecule has 0 bridgehead atoms. The van der Waals surface area contributed by atoms with E-state index in [1.54, 1.807) is 11.3 Å². The number of nitrogens with one attached hydrogen (secondary N) is 2. The predicted molar refractivity (Wildman–Crippen MR) is 153 cm³/mol. The second kappa shape index (κ2) is 14.8. The van der Waals surface area contributed by atoms with Crippen molar-refractivity contribution in [1.29, 1.82) is 0 Å². The van der Waals surface area contributed by atoms with Crippen LogP contribution in [0, 0.1) is 5.41 Å². The molecule has 3 unspecified atom stereocenters. The molecule has 2 amide bonds. The smallest absolute Gasteiger partial charge is 0.250 e. The molecule has 10 heteroatoms. The Hall–Kier alpha value is -3.18. The molecule has 1 heterocycles. The zero-order valence-corrected chi connectivity index (χ0v) is 23.2. The first-order valence-corrected chi connectivity index (χ1v) is 13.5. The summed E-state index contributed by atoms with van der Waals surface area (Å²) in [6.45, 7) is 10.2. The molecule has 7 N–H and O–H groups in total. The maximum absolute atomic E-state index is 13.5. The predicted octanol–water partition coefficient (Wildman–Crippen LogP) is 3.90. The summed E-state index contributed by atoms with van der Waals surface area (Å²) in [4.78, 5) is 24.8. The summed E-state index contributed by atoms with van der Waals surface area (Å²) >= 11 is 1.62. The van der Waals surface area contributed by atoms with E-state index in [4.69, 9.17) is 11.5 Å². The van der Waals surface area contributed by atoms with E-state index in [9.17, 15) is 23.5 Å². The number of halogens is 2. The van der Waals surface area contributed by atoms with Crippen LogP contribution in [0.1, 0.15) is 32.3 Å². The number of thiophene rings is 1. The number of hydrogen-bond donors (Lipinski definition) is 5. The van der Waals surface area contributed by atoms with Gasteiger partial charge in [0.25, 0.3) is 0 Å². The maximum Gasteiger partial charge on any atom is 0.250 e. The molecule has 0 aliphatic rings. The van der Waals surface area contributed by atoms with Crippen LogP contribution in [0.3, 0.4) is 0 Å². The van der Waals surface area contributed by atoms with Gasteiger partial charge in [-0.05, 0) is 63.4 Å². The van der Waals surface area contributed by atoms with Gasteiger partial charge in [-0.2, -0.15) is 11.3 Å². The van der Waals surface area contributed by atoms with E-state index in [0.717, 1.165) is 22.8 Å². The van der Waals surface area contributed by atoms with Crippen LogP contribution in [0.4, 0.5) is 8.78 Å². The average Bonchev–Trinajstić information content (AvgIpc) is 3.40. The summed E-state index contributed by atoms with van der Waals surface area (Å²) in [7, 11) is 0. The lowest BCUT2D eigenvalue weighted by Crippen LogP contribution is -2.50. The van der Waals surface area contributed by atoms with Gasteiger partial charge in [0.1, 0.15) is 17.8 Å². The van der Waals surface area contributed by atoms with Crippen molar-refractivity contribution >= 4 is 23.2 Å². The van der Waals surface area contributed by atoms with Gasteiger partial charge in [0.05, 0.1) is 0 Å². The van der Waals surface area contributed by atoms with E-state index in [0.29, 0.717) is 6.42 Å². The van der Waals surface area contributed by atoms with E-state index in [1.165, 1.54) is 0 Å². The van der Waals surface area contributed by atoms with Gasteiger partial charge < -0.3 is 27.2 Å². The van der Waals surface area contributed by atoms with Crippen molar-refractivity contribution in [3.63, 3.8) is 0 Å². The summed E-state index contributed by atoms with van der Waals surface area (Å²) in [6.07, 6.45) is -0.383. The Bertz CT molecular complexity index is 1160. The van der Waals surface area contributed by atoms with Gasteiger partial charge in [-0.3, -0.25) is 9.59 Å². The molecule has 0 aliphatic heterocycles. The molecule has 3 atom stereocenters. The highest BCUT2D eigenvalue weighted by atomic mass is 32.1. The minimum Gasteiger partial charge on any atom is -0.382 e. The number of hydrogen-bond acceptors (Lipinski definition) is 6. The molecule has 2 aromatic rings. The Kier molecular flexibility index (Phi) is 12.2. The zero-order chi connectivity index (χ0) is 29.2. The third kappa shape index (κ3) is 11.2. The van der Waals surface area contributed by atoms with Crippen LogP contribution in [-0.2, 0) is 16.0 Å². The third-order valence-corrected chi connectivity index (χ3v) is 6.75. The lowest BCUT2D eigenvalue weighted by Gasteiger charge is -2.27. The summed E-state index contributed by atoms with van der Waals surface area (Å²) in [5.74, 6) is -2.65. The Labute approximate surface area is 232 Å². The fourth-order valence-electron chi connectivity index (χ4n) is 3.77. The van der Waals surface area contributed by atoms with Crippen LogP contribution in [0.2, 0.25) is 0 Å². The Balaban J connectivity index is 1.77. The fraction of sp³-hybridized carbons (Fsp3) is 0.379. The standard InChI is InChI=1S/C29H38F2N4O3S/c1-18(30)11-23(19(2)31)13-24(32)14-26(36)34-16-29(3,4)17-35-28(38)27(37)25(33)12-20-5-7-21(8-6-20)22-9-10-39-15-22/h5-11,15,24-25,27,37H,1-2,12-14,16-17,32-33H2,3-4H3,(H,34,36)(H,35,38)/b23-11-. The fourth-order valence-corrected chi connectivity index (χ4v) is 4.44. The van der Waals surface area contributed by atoms with Crippen LogP contribution >= 0.6 is 11.3 Å². The number of rotatable bonds is 15. The SMILES string of the molecule is C=C(F)/C=C(/CC(N)CC(=O)NCC(C)(C)CNC(=O)C(O)C(N)Cc1ccc(-c2ccsc2)cc1)C(=C)F. The van der Waals surface area contributed by atoms with Crippen molar-refractivity contribution in [2.24, 2.45) is 16.9 Å². The molecule has 0 saturated heterocycles. The molecule has 0 spiro atoms. The van der Waals surface area contributed by atoms with Gasteiger partial charge in [0, 0.05) is 31.6 Å². The number of aliphatic hydroxyl groups is 1. The van der Waals surface area contributed by atoms with Gasteiger partial charge in [-0.25, -0.2) is 8.78 Å². The first kappa shape index (κ1) is 32.0. The van der Waals surface area contributed by atoms with Crippen molar-refractivity contribution < 1.29 is 23.5 Å². The van der Waals surface area contributed by atoms with Gasteiger partial charge in [0.2, 0.25) is 11.8 Å². The number of allylic oxidation sites excluding steroid dienone is 3. The molecule has 0 saturated carbocycles. The van der Waals surface area contributed by atoms with E-state index in [1.807, 2.05) is 49.6 Å². The summed E-state index contributed by atoms with van der Waals surface area (Å²) in [6, 6.07) is 8.30. The molecular weight excluding hydrogens is 522 g/mol. The van der Waals surface area contributed by atoms with Crippen molar-refractivity contribution in [1.82, 2.24) is 10.6 Å². The van der Waals surface area contributed by atoms with Crippen LogP contribution in [0.25, 0.3) is 11.1 Å². The first-order chi connectivity index (χ1) is 18.3. The molecule has 1 aromatic heterocycles. The maximum atomic E-state index is 13.5. The lowest BCUT2D eigenvalue weighted by atomic mass is 9.92. The number of nitrogens with two attached hydrogens (primary N) is 2. The van der Waals surface area contributed by atoms with E-state index in [2.05, 4.69) is 29.2 Å². The largest absolute Gasteiger partial charge is 0.382 e. The number of carbonyl (C=O) groups is 2. The molecule has 0 aliphatic carbocycles. The minimum absolute atomic E-state index is 0.0574. The lowest BCUT2D eigenvalue weighted by molar-refractivity contribution is -0.130.